The van der Waals surface area contributed by atoms with Gasteiger partial charge in [-0.25, -0.2) is 9.18 Å². The van der Waals surface area contributed by atoms with Crippen molar-refractivity contribution in [2.75, 3.05) is 11.5 Å². The van der Waals surface area contributed by atoms with Crippen LogP contribution in [0.2, 0.25) is 0 Å². The lowest BCUT2D eigenvalue weighted by molar-refractivity contribution is 0.0695. The molecule has 0 saturated heterocycles. The van der Waals surface area contributed by atoms with Crippen LogP contribution in [-0.4, -0.2) is 26.8 Å². The van der Waals surface area contributed by atoms with Gasteiger partial charge >= 0.3 is 5.97 Å². The lowest BCUT2D eigenvalue weighted by Gasteiger charge is -2.15. The highest BCUT2D eigenvalue weighted by Crippen LogP contribution is 2.43. The molecule has 2 aliphatic rings. The molecule has 1 aliphatic carbocycles. The normalized spacial score (nSPS) is 21.3. The number of fused-ring (bicyclic) bond motifs is 2. The van der Waals surface area contributed by atoms with Gasteiger partial charge < -0.3 is 5.11 Å². The summed E-state index contributed by atoms with van der Waals surface area (Å²) in [7, 11) is -0.939. The molecular formula is C13H10BrFO3S. The van der Waals surface area contributed by atoms with Gasteiger partial charge in [-0.1, -0.05) is 5.57 Å². The molecule has 1 heterocycles. The van der Waals surface area contributed by atoms with Crippen molar-refractivity contribution in [3.63, 3.8) is 0 Å². The molecule has 1 aliphatic heterocycles. The summed E-state index contributed by atoms with van der Waals surface area (Å²) >= 11 is 3.20. The highest BCUT2D eigenvalue weighted by Gasteiger charge is 2.32. The predicted octanol–water partition coefficient (Wildman–Crippen LogP) is 2.75. The Balaban J connectivity index is 2.25. The van der Waals surface area contributed by atoms with Crippen LogP contribution in [0.3, 0.4) is 0 Å². The molecule has 100 valence electrons. The van der Waals surface area contributed by atoms with Crippen molar-refractivity contribution in [1.82, 2.24) is 0 Å². The Labute approximate surface area is 120 Å². The standard InChI is InChI=1S/C13H10BrFO3S/c14-12-10(15)4-8(13(16)17)7-3-6-1-2-19(18)5-9(6)11(7)12/h4H,1-3,5H2,(H,16,17). The first kappa shape index (κ1) is 13.0. The van der Waals surface area contributed by atoms with Crippen LogP contribution >= 0.6 is 15.9 Å². The molecule has 0 bridgehead atoms. The average Bonchev–Trinajstić information content (AvgIpc) is 2.72. The largest absolute Gasteiger partial charge is 0.478 e. The lowest BCUT2D eigenvalue weighted by atomic mass is 10.00. The number of benzene rings is 1. The molecule has 0 spiro atoms. The fourth-order valence-electron chi connectivity index (χ4n) is 2.73. The zero-order valence-electron chi connectivity index (χ0n) is 9.83. The zero-order chi connectivity index (χ0) is 13.7. The van der Waals surface area contributed by atoms with Gasteiger partial charge in [0.2, 0.25) is 0 Å². The number of hydrogen-bond acceptors (Lipinski definition) is 2. The molecule has 0 amide bonds. The van der Waals surface area contributed by atoms with E-state index in [9.17, 15) is 18.5 Å². The number of aromatic carboxylic acids is 1. The SMILES string of the molecule is O=C(O)c1cc(F)c(Br)c2c1CC1=C2CS(=O)CC1. The van der Waals surface area contributed by atoms with Crippen molar-refractivity contribution in [3.05, 3.63) is 38.6 Å². The van der Waals surface area contributed by atoms with E-state index in [2.05, 4.69) is 15.9 Å². The van der Waals surface area contributed by atoms with Crippen molar-refractivity contribution in [2.45, 2.75) is 12.8 Å². The van der Waals surface area contributed by atoms with Gasteiger partial charge in [0.05, 0.1) is 10.0 Å². The van der Waals surface area contributed by atoms with E-state index >= 15 is 0 Å². The lowest BCUT2D eigenvalue weighted by Crippen LogP contribution is -2.11. The molecule has 0 radical (unpaired) electrons. The molecule has 19 heavy (non-hydrogen) atoms. The van der Waals surface area contributed by atoms with Crippen molar-refractivity contribution in [1.29, 1.82) is 0 Å². The third-order valence-electron chi connectivity index (χ3n) is 3.61. The highest BCUT2D eigenvalue weighted by atomic mass is 79.9. The summed E-state index contributed by atoms with van der Waals surface area (Å²) in [5.74, 6) is -0.705. The van der Waals surface area contributed by atoms with Crippen LogP contribution < -0.4 is 0 Å². The van der Waals surface area contributed by atoms with E-state index in [1.54, 1.807) is 0 Å². The Hall–Kier alpha value is -1.01. The van der Waals surface area contributed by atoms with Crippen LogP contribution in [-0.2, 0) is 17.2 Å². The number of carbonyl (C=O) groups is 1. The number of allylic oxidation sites excluding steroid dienone is 1. The summed E-state index contributed by atoms with van der Waals surface area (Å²) in [6, 6.07) is 1.06. The second-order valence-corrected chi connectivity index (χ2v) is 7.05. The average molecular weight is 345 g/mol. The number of hydrogen-bond donors (Lipinski definition) is 1. The van der Waals surface area contributed by atoms with Crippen molar-refractivity contribution >= 4 is 38.3 Å². The third-order valence-corrected chi connectivity index (χ3v) is 5.66. The van der Waals surface area contributed by atoms with Crippen LogP contribution in [0.25, 0.3) is 5.57 Å². The van der Waals surface area contributed by atoms with Gasteiger partial charge in [0.1, 0.15) is 5.82 Å². The fourth-order valence-corrected chi connectivity index (χ4v) is 4.62. The summed E-state index contributed by atoms with van der Waals surface area (Å²) in [5.41, 5.74) is 3.23. The fraction of sp³-hybridized carbons (Fsp3) is 0.308. The molecule has 1 aromatic carbocycles. The molecule has 1 atom stereocenters. The molecule has 3 nitrogen and oxygen atoms in total. The quantitative estimate of drug-likeness (QED) is 0.852. The Morgan fingerprint density at radius 3 is 2.89 bits per heavy atom. The van der Waals surface area contributed by atoms with Gasteiger partial charge in [-0.15, -0.1) is 0 Å². The second-order valence-electron chi connectivity index (χ2n) is 4.68. The van der Waals surface area contributed by atoms with Gasteiger partial charge in [-0.2, -0.15) is 0 Å². The van der Waals surface area contributed by atoms with Crippen LogP contribution in [0.5, 0.6) is 0 Å². The smallest absolute Gasteiger partial charge is 0.336 e. The van der Waals surface area contributed by atoms with Crippen molar-refractivity contribution in [2.24, 2.45) is 0 Å². The van der Waals surface area contributed by atoms with Gasteiger partial charge in [-0.05, 0) is 46.0 Å². The van der Waals surface area contributed by atoms with Crippen LogP contribution in [0.15, 0.2) is 16.1 Å². The van der Waals surface area contributed by atoms with Crippen molar-refractivity contribution < 1.29 is 18.5 Å². The highest BCUT2D eigenvalue weighted by molar-refractivity contribution is 9.10. The third kappa shape index (κ3) is 1.97. The van der Waals surface area contributed by atoms with E-state index in [1.165, 1.54) is 0 Å². The Bertz CT molecular complexity index is 666. The number of rotatable bonds is 1. The number of halogens is 2. The van der Waals surface area contributed by atoms with E-state index in [0.29, 0.717) is 35.5 Å². The Morgan fingerprint density at radius 1 is 1.47 bits per heavy atom. The van der Waals surface area contributed by atoms with E-state index < -0.39 is 22.6 Å². The van der Waals surface area contributed by atoms with Gasteiger partial charge in [0, 0.05) is 27.9 Å². The predicted molar refractivity (Wildman–Crippen MR) is 74.2 cm³/mol. The van der Waals surface area contributed by atoms with Gasteiger partial charge in [0.15, 0.2) is 0 Å². The molecule has 1 aromatic rings. The maximum absolute atomic E-state index is 13.8. The Morgan fingerprint density at radius 2 is 2.21 bits per heavy atom. The molecule has 0 aromatic heterocycles. The molecule has 1 unspecified atom stereocenters. The molecular weight excluding hydrogens is 335 g/mol. The van der Waals surface area contributed by atoms with Gasteiger partial charge in [0.25, 0.3) is 0 Å². The maximum atomic E-state index is 13.8. The van der Waals surface area contributed by atoms with Crippen LogP contribution in [0.1, 0.15) is 27.9 Å². The minimum atomic E-state index is -1.12. The first-order chi connectivity index (χ1) is 8.99. The van der Waals surface area contributed by atoms with E-state index in [0.717, 1.165) is 17.2 Å². The van der Waals surface area contributed by atoms with E-state index in [-0.39, 0.29) is 10.0 Å². The first-order valence-electron chi connectivity index (χ1n) is 5.79. The van der Waals surface area contributed by atoms with Crippen molar-refractivity contribution in [3.8, 4) is 0 Å². The number of carboxylic acids is 1. The molecule has 1 N–H and O–H groups in total. The van der Waals surface area contributed by atoms with Gasteiger partial charge in [-0.3, -0.25) is 4.21 Å². The second kappa shape index (κ2) is 4.52. The summed E-state index contributed by atoms with van der Waals surface area (Å²) < 4.78 is 25.8. The number of carboxylic acid groups (broad SMARTS) is 1. The summed E-state index contributed by atoms with van der Waals surface area (Å²) in [6.07, 6.45) is 1.23. The first-order valence-corrected chi connectivity index (χ1v) is 8.07. The Kier molecular flexibility index (Phi) is 3.09. The molecule has 3 rings (SSSR count). The minimum Gasteiger partial charge on any atom is -0.478 e. The minimum absolute atomic E-state index is 0.0101. The topological polar surface area (TPSA) is 54.4 Å². The molecule has 0 saturated carbocycles. The zero-order valence-corrected chi connectivity index (χ0v) is 12.2. The van der Waals surface area contributed by atoms with E-state index in [1.807, 2.05) is 0 Å². The molecule has 0 fully saturated rings. The summed E-state index contributed by atoms with van der Waals surface area (Å²) in [6.45, 7) is 0. The monoisotopic (exact) mass is 344 g/mol. The summed E-state index contributed by atoms with van der Waals surface area (Å²) in [5, 5.41) is 9.19. The van der Waals surface area contributed by atoms with Crippen LogP contribution in [0, 0.1) is 5.82 Å². The summed E-state index contributed by atoms with van der Waals surface area (Å²) in [4.78, 5) is 11.2. The maximum Gasteiger partial charge on any atom is 0.336 e. The van der Waals surface area contributed by atoms with Crippen LogP contribution in [0.4, 0.5) is 4.39 Å². The molecule has 6 heteroatoms. The van der Waals surface area contributed by atoms with E-state index in [4.69, 9.17) is 0 Å².